The standard InChI is InChI=1S/C21H33N7O4S.C2H6/c1-21(2,22)20(30)24-17(15-32-14-16-8-5-4-6-9-16)19-25-26-27-28(19)12-7-10-18(29)23-11-13-33(3)31;1-2/h4-6,8-9,17H,7,10-15,22H2,1-3H3,(H,23,29)(H,24,30);1-2H3. The van der Waals surface area contributed by atoms with Crippen molar-refractivity contribution in [2.45, 2.75) is 65.3 Å². The van der Waals surface area contributed by atoms with E-state index in [9.17, 15) is 13.8 Å². The molecular formula is C23H39N7O4S. The fourth-order valence-corrected chi connectivity index (χ4v) is 3.22. The van der Waals surface area contributed by atoms with Crippen molar-refractivity contribution in [3.05, 3.63) is 41.7 Å². The summed E-state index contributed by atoms with van der Waals surface area (Å²) in [5.74, 6) is 0.349. The molecule has 0 saturated carbocycles. The number of carbonyl (C=O) groups excluding carboxylic acids is 2. The summed E-state index contributed by atoms with van der Waals surface area (Å²) in [6.45, 7) is 8.49. The van der Waals surface area contributed by atoms with E-state index >= 15 is 0 Å². The molecule has 12 heteroatoms. The summed E-state index contributed by atoms with van der Waals surface area (Å²) in [7, 11) is -0.948. The molecular weight excluding hydrogens is 470 g/mol. The predicted molar refractivity (Wildman–Crippen MR) is 136 cm³/mol. The topological polar surface area (TPSA) is 154 Å². The average Bonchev–Trinajstić information content (AvgIpc) is 3.28. The van der Waals surface area contributed by atoms with E-state index in [2.05, 4.69) is 26.2 Å². The number of hydrogen-bond donors (Lipinski definition) is 3. The van der Waals surface area contributed by atoms with Crippen LogP contribution in [0.4, 0.5) is 0 Å². The van der Waals surface area contributed by atoms with Gasteiger partial charge in [-0.25, -0.2) is 4.68 Å². The molecule has 0 aliphatic carbocycles. The second kappa shape index (κ2) is 16.1. The number of amides is 2. The Morgan fingerprint density at radius 3 is 2.54 bits per heavy atom. The van der Waals surface area contributed by atoms with Crippen LogP contribution >= 0.6 is 0 Å². The van der Waals surface area contributed by atoms with E-state index in [-0.39, 0.29) is 24.8 Å². The zero-order chi connectivity index (χ0) is 26.3. The lowest BCUT2D eigenvalue weighted by Gasteiger charge is -2.23. The third-order valence-corrected chi connectivity index (χ3v) is 5.42. The van der Waals surface area contributed by atoms with Crippen molar-refractivity contribution in [3.63, 3.8) is 0 Å². The Hall–Kier alpha value is -2.70. The number of benzene rings is 1. The first-order valence-corrected chi connectivity index (χ1v) is 13.4. The van der Waals surface area contributed by atoms with Crippen LogP contribution in [0, 0.1) is 0 Å². The van der Waals surface area contributed by atoms with Crippen molar-refractivity contribution in [1.82, 2.24) is 30.8 Å². The van der Waals surface area contributed by atoms with Crippen molar-refractivity contribution >= 4 is 22.6 Å². The molecule has 0 aliphatic heterocycles. The van der Waals surface area contributed by atoms with Gasteiger partial charge in [0.25, 0.3) is 0 Å². The normalized spacial score (nSPS) is 12.7. The van der Waals surface area contributed by atoms with Crippen LogP contribution in [0.5, 0.6) is 0 Å². The highest BCUT2D eigenvalue weighted by molar-refractivity contribution is 7.84. The maximum Gasteiger partial charge on any atom is 0.240 e. The lowest BCUT2D eigenvalue weighted by Crippen LogP contribution is -2.51. The minimum Gasteiger partial charge on any atom is -0.374 e. The molecule has 0 saturated heterocycles. The van der Waals surface area contributed by atoms with Gasteiger partial charge < -0.3 is 21.1 Å². The third-order valence-electron chi connectivity index (χ3n) is 4.64. The summed E-state index contributed by atoms with van der Waals surface area (Å²) in [6, 6.07) is 9.05. The molecule has 11 nitrogen and oxygen atoms in total. The van der Waals surface area contributed by atoms with E-state index in [0.29, 0.717) is 37.7 Å². The molecule has 2 amide bonds. The number of aryl methyl sites for hydroxylation is 1. The molecule has 196 valence electrons. The highest BCUT2D eigenvalue weighted by Gasteiger charge is 2.28. The van der Waals surface area contributed by atoms with Crippen LogP contribution in [0.15, 0.2) is 30.3 Å². The molecule has 35 heavy (non-hydrogen) atoms. The minimum atomic E-state index is -1.09. The summed E-state index contributed by atoms with van der Waals surface area (Å²) in [5.41, 5.74) is 5.85. The van der Waals surface area contributed by atoms with Gasteiger partial charge in [0.15, 0.2) is 5.82 Å². The quantitative estimate of drug-likeness (QED) is 0.342. The number of tetrazole rings is 1. The van der Waals surface area contributed by atoms with Gasteiger partial charge in [0, 0.05) is 42.3 Å². The van der Waals surface area contributed by atoms with E-state index in [1.807, 2.05) is 44.2 Å². The number of ether oxygens (including phenoxy) is 1. The Morgan fingerprint density at radius 2 is 1.91 bits per heavy atom. The molecule has 1 heterocycles. The fourth-order valence-electron chi connectivity index (χ4n) is 2.83. The van der Waals surface area contributed by atoms with Crippen LogP contribution < -0.4 is 16.4 Å². The minimum absolute atomic E-state index is 0.129. The summed E-state index contributed by atoms with van der Waals surface area (Å²) in [5, 5.41) is 17.4. The monoisotopic (exact) mass is 509 g/mol. The molecule has 0 fully saturated rings. The molecule has 0 spiro atoms. The molecule has 2 aromatic rings. The molecule has 0 radical (unpaired) electrons. The highest BCUT2D eigenvalue weighted by Crippen LogP contribution is 2.14. The lowest BCUT2D eigenvalue weighted by molar-refractivity contribution is -0.126. The van der Waals surface area contributed by atoms with Crippen molar-refractivity contribution in [3.8, 4) is 0 Å². The van der Waals surface area contributed by atoms with Crippen LogP contribution in [-0.4, -0.2) is 66.9 Å². The van der Waals surface area contributed by atoms with E-state index in [1.165, 1.54) is 0 Å². The number of nitrogens with zero attached hydrogens (tertiary/aromatic N) is 4. The predicted octanol–water partition coefficient (Wildman–Crippen LogP) is 1.09. The van der Waals surface area contributed by atoms with Crippen LogP contribution in [0.1, 0.15) is 58.0 Å². The number of hydrogen-bond acceptors (Lipinski definition) is 8. The van der Waals surface area contributed by atoms with E-state index in [4.69, 9.17) is 10.5 Å². The smallest absolute Gasteiger partial charge is 0.240 e. The lowest BCUT2D eigenvalue weighted by atomic mass is 10.1. The van der Waals surface area contributed by atoms with Gasteiger partial charge in [-0.2, -0.15) is 0 Å². The summed E-state index contributed by atoms with van der Waals surface area (Å²) in [6.07, 6.45) is 2.36. The number of aromatic nitrogens is 4. The molecule has 2 rings (SSSR count). The second-order valence-electron chi connectivity index (χ2n) is 8.24. The molecule has 0 aliphatic rings. The van der Waals surface area contributed by atoms with E-state index in [1.54, 1.807) is 24.8 Å². The van der Waals surface area contributed by atoms with Crippen molar-refractivity contribution < 1.29 is 18.5 Å². The Labute approximate surface area is 210 Å². The first-order chi connectivity index (χ1) is 16.7. The SMILES string of the molecule is CC.CS(=O)CCNC(=O)CCCn1nnnc1C(COCc1ccccc1)NC(=O)C(C)(C)N. The maximum atomic E-state index is 12.5. The van der Waals surface area contributed by atoms with Crippen LogP contribution in [0.25, 0.3) is 0 Å². The fraction of sp³-hybridized carbons (Fsp3) is 0.609. The molecule has 1 aromatic carbocycles. The van der Waals surface area contributed by atoms with E-state index in [0.717, 1.165) is 5.56 Å². The second-order valence-corrected chi connectivity index (χ2v) is 9.79. The first-order valence-electron chi connectivity index (χ1n) is 11.7. The van der Waals surface area contributed by atoms with Gasteiger partial charge in [-0.05, 0) is 36.3 Å². The largest absolute Gasteiger partial charge is 0.374 e. The Morgan fingerprint density at radius 1 is 1.23 bits per heavy atom. The van der Waals surface area contributed by atoms with Gasteiger partial charge in [0.2, 0.25) is 11.8 Å². The zero-order valence-corrected chi connectivity index (χ0v) is 22.1. The van der Waals surface area contributed by atoms with Crippen LogP contribution in [-0.2, 0) is 38.3 Å². The molecule has 0 bridgehead atoms. The van der Waals surface area contributed by atoms with Gasteiger partial charge in [-0.1, -0.05) is 44.2 Å². The van der Waals surface area contributed by atoms with Crippen LogP contribution in [0.3, 0.4) is 0 Å². The van der Waals surface area contributed by atoms with Crippen molar-refractivity contribution in [2.24, 2.45) is 5.73 Å². The number of rotatable bonds is 14. The maximum absolute atomic E-state index is 12.5. The van der Waals surface area contributed by atoms with Crippen molar-refractivity contribution in [1.29, 1.82) is 0 Å². The van der Waals surface area contributed by atoms with Crippen molar-refractivity contribution in [2.75, 3.05) is 25.2 Å². The number of nitrogens with one attached hydrogen (secondary N) is 2. The number of nitrogens with two attached hydrogens (primary N) is 1. The van der Waals surface area contributed by atoms with Gasteiger partial charge in [0.1, 0.15) is 6.04 Å². The van der Waals surface area contributed by atoms with Gasteiger partial charge in [-0.3, -0.25) is 13.8 Å². The summed E-state index contributed by atoms with van der Waals surface area (Å²) in [4.78, 5) is 24.5. The van der Waals surface area contributed by atoms with Crippen LogP contribution in [0.2, 0.25) is 0 Å². The zero-order valence-electron chi connectivity index (χ0n) is 21.3. The number of carbonyl (C=O) groups is 2. The van der Waals surface area contributed by atoms with E-state index < -0.39 is 22.4 Å². The molecule has 4 N–H and O–H groups in total. The summed E-state index contributed by atoms with van der Waals surface area (Å²) < 4.78 is 18.5. The molecule has 2 atom stereocenters. The molecule has 2 unspecified atom stereocenters. The first kappa shape index (κ1) is 30.3. The van der Waals surface area contributed by atoms with Gasteiger partial charge in [0.05, 0.1) is 18.8 Å². The Balaban J connectivity index is 0.00000298. The Kier molecular flexibility index (Phi) is 13.9. The molecule has 1 aromatic heterocycles. The third kappa shape index (κ3) is 12.0. The average molecular weight is 510 g/mol. The highest BCUT2D eigenvalue weighted by atomic mass is 32.2. The Bertz CT molecular complexity index is 916. The van der Waals surface area contributed by atoms with Gasteiger partial charge in [-0.15, -0.1) is 5.10 Å². The summed E-state index contributed by atoms with van der Waals surface area (Å²) >= 11 is 0. The van der Waals surface area contributed by atoms with Gasteiger partial charge >= 0.3 is 0 Å².